The lowest BCUT2D eigenvalue weighted by Gasteiger charge is -2.27. The molecule has 7 heteroatoms. The van der Waals surface area contributed by atoms with Gasteiger partial charge in [-0.15, -0.1) is 36.2 Å². The number of nitrogens with one attached hydrogen (secondary N) is 2. The third kappa shape index (κ3) is 6.10. The van der Waals surface area contributed by atoms with Gasteiger partial charge < -0.3 is 10.6 Å². The topological polar surface area (TPSA) is 44.4 Å². The first kappa shape index (κ1) is 18.7. The van der Waals surface area contributed by atoms with Crippen molar-refractivity contribution in [1.82, 2.24) is 15.5 Å². The summed E-state index contributed by atoms with van der Waals surface area (Å²) in [5, 5.41) is 8.35. The molecule has 1 aliphatic heterocycles. The van der Waals surface area contributed by atoms with Gasteiger partial charge in [-0.3, -0.25) is 9.69 Å². The Bertz CT molecular complexity index is 356. The van der Waals surface area contributed by atoms with Crippen LogP contribution in [0.2, 0.25) is 0 Å². The molecule has 2 rings (SSSR count). The molecule has 1 saturated heterocycles. The van der Waals surface area contributed by atoms with E-state index in [-0.39, 0.29) is 36.8 Å². The molecule has 1 fully saturated rings. The lowest BCUT2D eigenvalue weighted by Crippen LogP contribution is -2.47. The van der Waals surface area contributed by atoms with Gasteiger partial charge in [0.15, 0.2) is 0 Å². The van der Waals surface area contributed by atoms with Gasteiger partial charge in [0.05, 0.1) is 12.6 Å². The Morgan fingerprint density at radius 3 is 2.74 bits per heavy atom. The van der Waals surface area contributed by atoms with Gasteiger partial charge in [-0.05, 0) is 18.4 Å². The first-order valence-corrected chi connectivity index (χ1v) is 6.89. The fourth-order valence-corrected chi connectivity index (χ4v) is 2.70. The molecule has 0 aromatic carbocycles. The van der Waals surface area contributed by atoms with Crippen LogP contribution in [0.25, 0.3) is 0 Å². The first-order valence-electron chi connectivity index (χ1n) is 6.01. The highest BCUT2D eigenvalue weighted by atomic mass is 35.5. The Morgan fingerprint density at radius 2 is 2.16 bits per heavy atom. The highest BCUT2D eigenvalue weighted by Crippen LogP contribution is 2.17. The van der Waals surface area contributed by atoms with Gasteiger partial charge >= 0.3 is 0 Å². The van der Waals surface area contributed by atoms with Gasteiger partial charge in [0.25, 0.3) is 0 Å². The number of thiophene rings is 1. The average Bonchev–Trinajstić information content (AvgIpc) is 2.83. The smallest absolute Gasteiger partial charge is 0.234 e. The number of nitrogens with zero attached hydrogens (tertiary/aromatic N) is 1. The van der Waals surface area contributed by atoms with E-state index in [9.17, 15) is 4.79 Å². The summed E-state index contributed by atoms with van der Waals surface area (Å²) in [7, 11) is 0. The fourth-order valence-electron chi connectivity index (χ4n) is 1.97. The second-order valence-electron chi connectivity index (χ2n) is 4.33. The highest BCUT2D eigenvalue weighted by molar-refractivity contribution is 7.10. The fraction of sp³-hybridized carbons (Fsp3) is 0.583. The van der Waals surface area contributed by atoms with Crippen LogP contribution in [-0.2, 0) is 4.79 Å². The maximum Gasteiger partial charge on any atom is 0.234 e. The Kier molecular flexibility index (Phi) is 9.39. The molecule has 0 bridgehead atoms. The standard InChI is InChI=1S/C12H19N3OS.2ClH/c1-10(11-3-2-8-17-11)14-12(16)9-15-6-4-13-5-7-15;;/h2-3,8,10,13H,4-7,9H2,1H3,(H,14,16);2*1H. The van der Waals surface area contributed by atoms with E-state index in [4.69, 9.17) is 0 Å². The largest absolute Gasteiger partial charge is 0.348 e. The molecule has 0 saturated carbocycles. The predicted octanol–water partition coefficient (Wildman–Crippen LogP) is 1.67. The van der Waals surface area contributed by atoms with Gasteiger partial charge in [0.1, 0.15) is 0 Å². The number of carbonyl (C=O) groups excluding carboxylic acids is 1. The normalized spacial score (nSPS) is 16.9. The number of halogens is 2. The van der Waals surface area contributed by atoms with Crippen molar-refractivity contribution in [3.63, 3.8) is 0 Å². The highest BCUT2D eigenvalue weighted by Gasteiger charge is 2.15. The van der Waals surface area contributed by atoms with E-state index < -0.39 is 0 Å². The van der Waals surface area contributed by atoms with Gasteiger partial charge in [-0.1, -0.05) is 6.07 Å². The molecule has 4 nitrogen and oxygen atoms in total. The summed E-state index contributed by atoms with van der Waals surface area (Å²) < 4.78 is 0. The molecular weight excluding hydrogens is 305 g/mol. The number of carbonyl (C=O) groups is 1. The van der Waals surface area contributed by atoms with E-state index in [0.717, 1.165) is 26.2 Å². The van der Waals surface area contributed by atoms with Crippen molar-refractivity contribution in [3.05, 3.63) is 22.4 Å². The first-order chi connectivity index (χ1) is 8.25. The van der Waals surface area contributed by atoms with Crippen molar-refractivity contribution in [2.75, 3.05) is 32.7 Å². The molecule has 0 spiro atoms. The van der Waals surface area contributed by atoms with Gasteiger partial charge in [-0.2, -0.15) is 0 Å². The lowest BCUT2D eigenvalue weighted by molar-refractivity contribution is -0.123. The SMILES string of the molecule is CC(NC(=O)CN1CCNCC1)c1cccs1.Cl.Cl. The van der Waals surface area contributed by atoms with Crippen LogP contribution in [0.15, 0.2) is 17.5 Å². The van der Waals surface area contributed by atoms with Gasteiger partial charge in [-0.25, -0.2) is 0 Å². The van der Waals surface area contributed by atoms with Crippen LogP contribution < -0.4 is 10.6 Å². The number of hydrogen-bond donors (Lipinski definition) is 2. The molecular formula is C12H21Cl2N3OS. The summed E-state index contributed by atoms with van der Waals surface area (Å²) in [6, 6.07) is 4.18. The molecule has 1 unspecified atom stereocenters. The van der Waals surface area contributed by atoms with Crippen LogP contribution in [-0.4, -0.2) is 43.5 Å². The van der Waals surface area contributed by atoms with Crippen LogP contribution in [0.5, 0.6) is 0 Å². The minimum Gasteiger partial charge on any atom is -0.348 e. The van der Waals surface area contributed by atoms with Crippen molar-refractivity contribution in [3.8, 4) is 0 Å². The zero-order chi connectivity index (χ0) is 12.1. The monoisotopic (exact) mass is 325 g/mol. The zero-order valence-electron chi connectivity index (χ0n) is 10.9. The van der Waals surface area contributed by atoms with Crippen LogP contribution in [0.1, 0.15) is 17.8 Å². The van der Waals surface area contributed by atoms with E-state index in [1.807, 2.05) is 18.4 Å². The number of piperazine rings is 1. The predicted molar refractivity (Wildman–Crippen MR) is 84.7 cm³/mol. The van der Waals surface area contributed by atoms with Crippen LogP contribution in [0, 0.1) is 0 Å². The molecule has 0 radical (unpaired) electrons. The Labute approximate surface area is 130 Å². The van der Waals surface area contributed by atoms with E-state index in [2.05, 4.69) is 21.6 Å². The van der Waals surface area contributed by atoms with Gasteiger partial charge in [0.2, 0.25) is 5.91 Å². The number of amides is 1. The molecule has 2 heterocycles. The second-order valence-corrected chi connectivity index (χ2v) is 5.31. The van der Waals surface area contributed by atoms with Crippen LogP contribution in [0.4, 0.5) is 0 Å². The third-order valence-electron chi connectivity index (χ3n) is 2.92. The van der Waals surface area contributed by atoms with Gasteiger partial charge in [0, 0.05) is 31.1 Å². The summed E-state index contributed by atoms with van der Waals surface area (Å²) >= 11 is 1.68. The maximum absolute atomic E-state index is 11.8. The summed E-state index contributed by atoms with van der Waals surface area (Å²) in [6.45, 7) is 6.42. The quantitative estimate of drug-likeness (QED) is 0.885. The number of hydrogen-bond acceptors (Lipinski definition) is 4. The Morgan fingerprint density at radius 1 is 1.47 bits per heavy atom. The minimum absolute atomic E-state index is 0. The van der Waals surface area contributed by atoms with E-state index in [1.165, 1.54) is 4.88 Å². The molecule has 1 atom stereocenters. The second kappa shape index (κ2) is 9.55. The van der Waals surface area contributed by atoms with Crippen molar-refractivity contribution in [1.29, 1.82) is 0 Å². The molecule has 19 heavy (non-hydrogen) atoms. The van der Waals surface area contributed by atoms with Crippen LogP contribution in [0.3, 0.4) is 0 Å². The molecule has 1 aromatic heterocycles. The molecule has 1 aliphatic rings. The summed E-state index contributed by atoms with van der Waals surface area (Å²) in [5.74, 6) is 0.118. The Hall–Kier alpha value is -0.330. The van der Waals surface area contributed by atoms with E-state index >= 15 is 0 Å². The Balaban J connectivity index is 0.00000162. The lowest BCUT2D eigenvalue weighted by atomic mass is 10.2. The van der Waals surface area contributed by atoms with Crippen molar-refractivity contribution in [2.45, 2.75) is 13.0 Å². The number of rotatable bonds is 4. The van der Waals surface area contributed by atoms with Crippen LogP contribution >= 0.6 is 36.2 Å². The van der Waals surface area contributed by atoms with E-state index in [0.29, 0.717) is 6.54 Å². The van der Waals surface area contributed by atoms with E-state index in [1.54, 1.807) is 11.3 Å². The molecule has 1 amide bonds. The average molecular weight is 326 g/mol. The molecule has 110 valence electrons. The molecule has 1 aromatic rings. The maximum atomic E-state index is 11.8. The molecule has 2 N–H and O–H groups in total. The summed E-state index contributed by atoms with van der Waals surface area (Å²) in [5.41, 5.74) is 0. The third-order valence-corrected chi connectivity index (χ3v) is 3.98. The molecule has 0 aliphatic carbocycles. The van der Waals surface area contributed by atoms with Crippen molar-refractivity contribution < 1.29 is 4.79 Å². The van der Waals surface area contributed by atoms with Crippen molar-refractivity contribution in [2.24, 2.45) is 0 Å². The summed E-state index contributed by atoms with van der Waals surface area (Å²) in [4.78, 5) is 15.2. The zero-order valence-corrected chi connectivity index (χ0v) is 13.4. The minimum atomic E-state index is 0. The summed E-state index contributed by atoms with van der Waals surface area (Å²) in [6.07, 6.45) is 0. The van der Waals surface area contributed by atoms with Crippen molar-refractivity contribution >= 4 is 42.1 Å².